The van der Waals surface area contributed by atoms with Gasteiger partial charge in [0.15, 0.2) is 0 Å². The highest BCUT2D eigenvalue weighted by Crippen LogP contribution is 2.26. The quantitative estimate of drug-likeness (QED) is 0.750. The number of carbonyl (C=O) groups is 2. The molecule has 102 valence electrons. The van der Waals surface area contributed by atoms with Crippen LogP contribution >= 0.6 is 0 Å². The Morgan fingerprint density at radius 3 is 2.79 bits per heavy atom. The van der Waals surface area contributed by atoms with Crippen molar-refractivity contribution in [2.24, 2.45) is 5.73 Å². The van der Waals surface area contributed by atoms with Crippen LogP contribution in [0.4, 0.5) is 5.82 Å². The number of pyridine rings is 1. The van der Waals surface area contributed by atoms with Crippen molar-refractivity contribution in [1.82, 2.24) is 10.3 Å². The lowest BCUT2D eigenvalue weighted by molar-refractivity contribution is -0.135. The van der Waals surface area contributed by atoms with Crippen molar-refractivity contribution >= 4 is 17.6 Å². The van der Waals surface area contributed by atoms with Gasteiger partial charge in [-0.3, -0.25) is 14.9 Å². The first-order valence-electron chi connectivity index (χ1n) is 6.16. The van der Waals surface area contributed by atoms with Crippen molar-refractivity contribution in [3.63, 3.8) is 0 Å². The smallest absolute Gasteiger partial charge is 0.251 e. The van der Waals surface area contributed by atoms with Crippen LogP contribution in [0.3, 0.4) is 0 Å². The van der Waals surface area contributed by atoms with Gasteiger partial charge < -0.3 is 10.6 Å². The molecule has 0 aromatic carbocycles. The highest BCUT2D eigenvalue weighted by atomic mass is 16.2. The molecule has 0 spiro atoms. The fourth-order valence-corrected chi connectivity index (χ4v) is 2.02. The van der Waals surface area contributed by atoms with Crippen molar-refractivity contribution in [2.75, 3.05) is 11.4 Å². The van der Waals surface area contributed by atoms with Crippen molar-refractivity contribution < 1.29 is 9.59 Å². The minimum Gasteiger partial charge on any atom is -0.333 e. The average molecular weight is 262 g/mol. The van der Waals surface area contributed by atoms with E-state index in [0.717, 1.165) is 5.56 Å². The number of nitrogens with two attached hydrogens (primary N) is 1. The van der Waals surface area contributed by atoms with E-state index >= 15 is 0 Å². The van der Waals surface area contributed by atoms with Crippen LogP contribution in [0.5, 0.6) is 0 Å². The first kappa shape index (κ1) is 13.5. The maximum Gasteiger partial charge on any atom is 0.251 e. The largest absolute Gasteiger partial charge is 0.333 e. The van der Waals surface area contributed by atoms with Gasteiger partial charge in [-0.15, -0.1) is 0 Å². The molecule has 1 atom stereocenters. The molecule has 0 saturated carbocycles. The number of anilines is 1. The second-order valence-corrected chi connectivity index (χ2v) is 5.26. The monoisotopic (exact) mass is 262 g/mol. The Labute approximate surface area is 112 Å². The van der Waals surface area contributed by atoms with Crippen molar-refractivity contribution in [2.45, 2.75) is 32.4 Å². The highest BCUT2D eigenvalue weighted by Gasteiger charge is 2.41. The standard InChI is InChI=1S/C13H18N4O2/c1-8(14)9-4-5-15-10(6-9)17-7-11(18)16-12(19)13(17,2)3/h4-6,8H,7,14H2,1-3H3,(H,16,18,19)/t8-/m0/s1. The van der Waals surface area contributed by atoms with Gasteiger partial charge in [0.1, 0.15) is 11.4 Å². The van der Waals surface area contributed by atoms with Crippen LogP contribution in [0.2, 0.25) is 0 Å². The van der Waals surface area contributed by atoms with Crippen molar-refractivity contribution in [3.8, 4) is 0 Å². The second kappa shape index (κ2) is 4.62. The van der Waals surface area contributed by atoms with E-state index in [-0.39, 0.29) is 24.4 Å². The zero-order chi connectivity index (χ0) is 14.2. The summed E-state index contributed by atoms with van der Waals surface area (Å²) in [6.45, 7) is 5.50. The van der Waals surface area contributed by atoms with Gasteiger partial charge in [-0.1, -0.05) is 0 Å². The van der Waals surface area contributed by atoms with Gasteiger partial charge in [0.25, 0.3) is 5.91 Å². The number of piperazine rings is 1. The molecule has 0 aliphatic carbocycles. The molecule has 1 fully saturated rings. The zero-order valence-electron chi connectivity index (χ0n) is 11.3. The highest BCUT2D eigenvalue weighted by molar-refractivity contribution is 6.06. The van der Waals surface area contributed by atoms with Gasteiger partial charge in [-0.2, -0.15) is 0 Å². The molecule has 0 unspecified atom stereocenters. The van der Waals surface area contributed by atoms with Crippen LogP contribution in [0.1, 0.15) is 32.4 Å². The summed E-state index contributed by atoms with van der Waals surface area (Å²) in [6.07, 6.45) is 1.64. The number of imide groups is 1. The third-order valence-electron chi connectivity index (χ3n) is 3.36. The fourth-order valence-electron chi connectivity index (χ4n) is 2.02. The molecule has 1 aromatic rings. The SMILES string of the molecule is C[C@H](N)c1ccnc(N2CC(=O)NC(=O)C2(C)C)c1. The summed E-state index contributed by atoms with van der Waals surface area (Å²) in [5.74, 6) is -0.0583. The average Bonchev–Trinajstić information content (AvgIpc) is 2.34. The van der Waals surface area contributed by atoms with Crippen LogP contribution in [0.15, 0.2) is 18.3 Å². The van der Waals surface area contributed by atoms with E-state index in [0.29, 0.717) is 5.82 Å². The van der Waals surface area contributed by atoms with Gasteiger partial charge in [0, 0.05) is 12.2 Å². The summed E-state index contributed by atoms with van der Waals surface area (Å²) in [7, 11) is 0. The van der Waals surface area contributed by atoms with E-state index in [9.17, 15) is 9.59 Å². The van der Waals surface area contributed by atoms with Crippen molar-refractivity contribution in [3.05, 3.63) is 23.9 Å². The number of hydrogen-bond donors (Lipinski definition) is 2. The molecular formula is C13H18N4O2. The molecule has 0 radical (unpaired) electrons. The fraction of sp³-hybridized carbons (Fsp3) is 0.462. The topological polar surface area (TPSA) is 88.3 Å². The molecule has 6 heteroatoms. The molecule has 1 aliphatic rings. The second-order valence-electron chi connectivity index (χ2n) is 5.26. The van der Waals surface area contributed by atoms with Gasteiger partial charge in [-0.25, -0.2) is 4.98 Å². The number of hydrogen-bond acceptors (Lipinski definition) is 5. The van der Waals surface area contributed by atoms with E-state index in [4.69, 9.17) is 5.73 Å². The summed E-state index contributed by atoms with van der Waals surface area (Å²) in [5, 5.41) is 2.33. The number of amides is 2. The van der Waals surface area contributed by atoms with Gasteiger partial charge in [-0.05, 0) is 38.5 Å². The predicted molar refractivity (Wildman–Crippen MR) is 71.4 cm³/mol. The minimum atomic E-state index is -0.822. The summed E-state index contributed by atoms with van der Waals surface area (Å²) in [5.41, 5.74) is 5.94. The molecule has 2 amide bonds. The van der Waals surface area contributed by atoms with E-state index < -0.39 is 5.54 Å². The molecule has 1 aromatic heterocycles. The summed E-state index contributed by atoms with van der Waals surface area (Å²) >= 11 is 0. The Kier molecular flexibility index (Phi) is 3.28. The summed E-state index contributed by atoms with van der Waals surface area (Å²) in [6, 6.07) is 3.52. The Morgan fingerprint density at radius 1 is 1.47 bits per heavy atom. The molecule has 19 heavy (non-hydrogen) atoms. The normalized spacial score (nSPS) is 20.1. The molecule has 1 saturated heterocycles. The van der Waals surface area contributed by atoms with E-state index in [1.165, 1.54) is 0 Å². The number of rotatable bonds is 2. The first-order valence-corrected chi connectivity index (χ1v) is 6.16. The van der Waals surface area contributed by atoms with Gasteiger partial charge in [0.05, 0.1) is 6.54 Å². The minimum absolute atomic E-state index is 0.105. The Balaban J connectivity index is 2.41. The predicted octanol–water partition coefficient (Wildman–Crippen LogP) is 0.343. The maximum absolute atomic E-state index is 11.9. The molecule has 2 heterocycles. The van der Waals surface area contributed by atoms with E-state index in [1.54, 1.807) is 24.9 Å². The van der Waals surface area contributed by atoms with Crippen LogP contribution in [-0.2, 0) is 9.59 Å². The number of nitrogens with zero attached hydrogens (tertiary/aromatic N) is 2. The molecule has 0 bridgehead atoms. The molecule has 3 N–H and O–H groups in total. The van der Waals surface area contributed by atoms with Gasteiger partial charge in [0.2, 0.25) is 5.91 Å². The van der Waals surface area contributed by atoms with Crippen LogP contribution in [0.25, 0.3) is 0 Å². The van der Waals surface area contributed by atoms with Crippen LogP contribution < -0.4 is 16.0 Å². The molecule has 6 nitrogen and oxygen atoms in total. The summed E-state index contributed by atoms with van der Waals surface area (Å²) < 4.78 is 0. The molecular weight excluding hydrogens is 244 g/mol. The number of carbonyl (C=O) groups excluding carboxylic acids is 2. The lowest BCUT2D eigenvalue weighted by Crippen LogP contribution is -2.64. The molecule has 2 rings (SSSR count). The Bertz CT molecular complexity index is 525. The lowest BCUT2D eigenvalue weighted by atomic mass is 9.98. The third kappa shape index (κ3) is 2.44. The van der Waals surface area contributed by atoms with E-state index in [1.807, 2.05) is 19.1 Å². The lowest BCUT2D eigenvalue weighted by Gasteiger charge is -2.41. The number of aromatic nitrogens is 1. The Morgan fingerprint density at radius 2 is 2.16 bits per heavy atom. The van der Waals surface area contributed by atoms with Crippen LogP contribution in [-0.4, -0.2) is 28.9 Å². The van der Waals surface area contributed by atoms with Gasteiger partial charge >= 0.3 is 0 Å². The zero-order valence-corrected chi connectivity index (χ0v) is 11.3. The molecule has 1 aliphatic heterocycles. The van der Waals surface area contributed by atoms with Crippen LogP contribution in [0, 0.1) is 0 Å². The van der Waals surface area contributed by atoms with E-state index in [2.05, 4.69) is 10.3 Å². The maximum atomic E-state index is 11.9. The Hall–Kier alpha value is -1.95. The first-order chi connectivity index (χ1) is 8.82. The van der Waals surface area contributed by atoms with Crippen molar-refractivity contribution in [1.29, 1.82) is 0 Å². The number of nitrogens with one attached hydrogen (secondary N) is 1. The summed E-state index contributed by atoms with van der Waals surface area (Å²) in [4.78, 5) is 29.4. The third-order valence-corrected chi connectivity index (χ3v) is 3.36.